The van der Waals surface area contributed by atoms with Crippen molar-refractivity contribution < 1.29 is 10.0 Å². The molecule has 0 saturated carbocycles. The van der Waals surface area contributed by atoms with Gasteiger partial charge in [-0.25, -0.2) is 0 Å². The fraction of sp³-hybridized carbons (Fsp3) is 0.0500. The second-order valence-electron chi connectivity index (χ2n) is 5.90. The molecule has 0 aliphatic heterocycles. The summed E-state index contributed by atoms with van der Waals surface area (Å²) in [6.45, 7) is 1.96. The number of rotatable bonds is 5. The minimum atomic E-state index is -1.23. The summed E-state index contributed by atoms with van der Waals surface area (Å²) in [5.41, 5.74) is 3.55. The molecule has 3 aromatic rings. The van der Waals surface area contributed by atoms with Crippen molar-refractivity contribution in [3.05, 3.63) is 94.3 Å². The Morgan fingerprint density at radius 3 is 1.85 bits per heavy atom. The third kappa shape index (κ3) is 5.05. The van der Waals surface area contributed by atoms with Crippen molar-refractivity contribution in [2.45, 2.75) is 6.92 Å². The van der Waals surface area contributed by atoms with Gasteiger partial charge in [0.1, 0.15) is 5.69 Å². The van der Waals surface area contributed by atoms with E-state index in [2.05, 4.69) is 15.5 Å². The lowest BCUT2D eigenvalue weighted by Gasteiger charge is -2.24. The number of aryl methyl sites for hydroxylation is 1. The molecule has 3 rings (SSSR count). The van der Waals surface area contributed by atoms with Gasteiger partial charge < -0.3 is 21.0 Å². The van der Waals surface area contributed by atoms with Crippen LogP contribution in [0.5, 0.6) is 0 Å². The van der Waals surface area contributed by atoms with Gasteiger partial charge in [-0.3, -0.25) is 4.79 Å². The SMILES string of the molecule is Cc1ccc(C(=O)Nc2ccc(N=Nc3ccc([NH+]([O-])[O-])cc3)cc2)cc1. The molecule has 3 aromatic carbocycles. The van der Waals surface area contributed by atoms with Crippen molar-refractivity contribution in [2.75, 3.05) is 5.32 Å². The highest BCUT2D eigenvalue weighted by atomic mass is 16.8. The number of azo groups is 1. The second kappa shape index (κ2) is 8.33. The molecule has 0 bridgehead atoms. The Kier molecular flexibility index (Phi) is 5.68. The summed E-state index contributed by atoms with van der Waals surface area (Å²) in [7, 11) is 0. The molecule has 0 aromatic heterocycles. The first-order valence-corrected chi connectivity index (χ1v) is 8.22. The first-order valence-electron chi connectivity index (χ1n) is 8.22. The van der Waals surface area contributed by atoms with Crippen LogP contribution in [-0.4, -0.2) is 5.91 Å². The van der Waals surface area contributed by atoms with E-state index in [0.717, 1.165) is 5.56 Å². The van der Waals surface area contributed by atoms with Crippen LogP contribution in [0.2, 0.25) is 0 Å². The molecule has 0 aliphatic carbocycles. The largest absolute Gasteiger partial charge is 0.628 e. The Bertz CT molecular complexity index is 934. The minimum absolute atomic E-state index is 0.0858. The second-order valence-corrected chi connectivity index (χ2v) is 5.90. The van der Waals surface area contributed by atoms with Gasteiger partial charge >= 0.3 is 0 Å². The van der Waals surface area contributed by atoms with Crippen LogP contribution < -0.4 is 10.5 Å². The van der Waals surface area contributed by atoms with Crippen LogP contribution in [0.15, 0.2) is 83.0 Å². The molecular formula is C20H17N4O3-. The third-order valence-electron chi connectivity index (χ3n) is 3.82. The number of carbonyl (C=O) groups is 1. The maximum atomic E-state index is 12.2. The van der Waals surface area contributed by atoms with Crippen molar-refractivity contribution in [3.8, 4) is 0 Å². The number of quaternary nitrogens is 1. The number of amides is 1. The number of nitrogens with one attached hydrogen (secondary N) is 2. The van der Waals surface area contributed by atoms with E-state index in [4.69, 9.17) is 0 Å². The fourth-order valence-corrected chi connectivity index (χ4v) is 2.30. The van der Waals surface area contributed by atoms with Crippen molar-refractivity contribution in [2.24, 2.45) is 10.2 Å². The maximum Gasteiger partial charge on any atom is 0.255 e. The molecule has 2 N–H and O–H groups in total. The normalized spacial score (nSPS) is 11.1. The Hall–Kier alpha value is -3.39. The molecule has 0 heterocycles. The number of carbonyl (C=O) groups excluding carboxylic acids is 1. The van der Waals surface area contributed by atoms with E-state index in [9.17, 15) is 15.2 Å². The zero-order valence-corrected chi connectivity index (χ0v) is 14.5. The third-order valence-corrected chi connectivity index (χ3v) is 3.82. The maximum absolute atomic E-state index is 12.2. The zero-order chi connectivity index (χ0) is 19.2. The summed E-state index contributed by atoms with van der Waals surface area (Å²) in [5.74, 6) is -0.183. The number of anilines is 1. The molecule has 0 aliphatic rings. The average Bonchev–Trinajstić information content (AvgIpc) is 2.68. The molecular weight excluding hydrogens is 344 g/mol. The van der Waals surface area contributed by atoms with Crippen LogP contribution in [0.25, 0.3) is 0 Å². The summed E-state index contributed by atoms with van der Waals surface area (Å²) >= 11 is 0. The molecule has 0 fully saturated rings. The van der Waals surface area contributed by atoms with E-state index >= 15 is 0 Å². The van der Waals surface area contributed by atoms with Gasteiger partial charge in [-0.1, -0.05) is 17.7 Å². The Labute approximate surface area is 156 Å². The number of hydrogen-bond acceptors (Lipinski definition) is 5. The van der Waals surface area contributed by atoms with Gasteiger partial charge in [0.15, 0.2) is 0 Å². The predicted octanol–water partition coefficient (Wildman–Crippen LogP) is 4.17. The topological polar surface area (TPSA) is 104 Å². The van der Waals surface area contributed by atoms with Gasteiger partial charge in [-0.2, -0.15) is 10.2 Å². The van der Waals surface area contributed by atoms with E-state index in [1.165, 1.54) is 12.1 Å². The Morgan fingerprint density at radius 2 is 1.33 bits per heavy atom. The van der Waals surface area contributed by atoms with E-state index < -0.39 is 5.23 Å². The van der Waals surface area contributed by atoms with E-state index in [0.29, 0.717) is 22.6 Å². The lowest BCUT2D eigenvalue weighted by Crippen LogP contribution is -2.96. The van der Waals surface area contributed by atoms with Crippen molar-refractivity contribution in [1.82, 2.24) is 0 Å². The van der Waals surface area contributed by atoms with Gasteiger partial charge in [-0.15, -0.1) is 0 Å². The predicted molar refractivity (Wildman–Crippen MR) is 104 cm³/mol. The lowest BCUT2D eigenvalue weighted by molar-refractivity contribution is -0.715. The van der Waals surface area contributed by atoms with Crippen LogP contribution in [0.3, 0.4) is 0 Å². The number of benzene rings is 3. The van der Waals surface area contributed by atoms with Gasteiger partial charge in [0.2, 0.25) is 0 Å². The average molecular weight is 361 g/mol. The van der Waals surface area contributed by atoms with Crippen LogP contribution in [0.1, 0.15) is 15.9 Å². The van der Waals surface area contributed by atoms with Crippen LogP contribution in [0.4, 0.5) is 22.7 Å². The van der Waals surface area contributed by atoms with Crippen LogP contribution in [-0.2, 0) is 0 Å². The van der Waals surface area contributed by atoms with Gasteiger partial charge in [0.05, 0.1) is 11.4 Å². The molecule has 136 valence electrons. The van der Waals surface area contributed by atoms with Crippen molar-refractivity contribution >= 4 is 28.7 Å². The van der Waals surface area contributed by atoms with Crippen molar-refractivity contribution in [1.29, 1.82) is 0 Å². The molecule has 1 amide bonds. The molecule has 0 spiro atoms. The molecule has 27 heavy (non-hydrogen) atoms. The monoisotopic (exact) mass is 361 g/mol. The zero-order valence-electron chi connectivity index (χ0n) is 14.5. The lowest BCUT2D eigenvalue weighted by atomic mass is 10.1. The highest BCUT2D eigenvalue weighted by Gasteiger charge is 2.05. The molecule has 0 saturated heterocycles. The summed E-state index contributed by atoms with van der Waals surface area (Å²) < 4.78 is 0. The first kappa shape index (κ1) is 18.4. The molecule has 7 heteroatoms. The van der Waals surface area contributed by atoms with Gasteiger partial charge in [-0.05, 0) is 55.5 Å². The molecule has 0 atom stereocenters. The first-order chi connectivity index (χ1) is 13.0. The van der Waals surface area contributed by atoms with Crippen LogP contribution in [0, 0.1) is 17.3 Å². The molecule has 0 radical (unpaired) electrons. The highest BCUT2D eigenvalue weighted by Crippen LogP contribution is 2.21. The summed E-state index contributed by atoms with van der Waals surface area (Å²) in [6.07, 6.45) is 0. The Balaban J connectivity index is 1.62. The van der Waals surface area contributed by atoms with Crippen LogP contribution >= 0.6 is 0 Å². The standard InChI is InChI=1S/C20H17N4O3/c1-14-2-4-15(5-3-14)20(25)21-16-6-8-17(9-7-16)22-23-18-10-12-19(13-11-18)24(26)27/h2-13,24H,1H3,(H,21,25)/q-1. The summed E-state index contributed by atoms with van der Waals surface area (Å²) in [4.78, 5) is 12.2. The molecule has 7 nitrogen and oxygen atoms in total. The van der Waals surface area contributed by atoms with Crippen molar-refractivity contribution in [3.63, 3.8) is 0 Å². The van der Waals surface area contributed by atoms with E-state index in [-0.39, 0.29) is 11.6 Å². The smallest absolute Gasteiger partial charge is 0.255 e. The quantitative estimate of drug-likeness (QED) is 0.526. The van der Waals surface area contributed by atoms with Gasteiger partial charge in [0.25, 0.3) is 5.91 Å². The van der Waals surface area contributed by atoms with E-state index in [1.54, 1.807) is 48.5 Å². The minimum Gasteiger partial charge on any atom is -0.628 e. The number of nitrogens with zero attached hydrogens (tertiary/aromatic N) is 2. The fourth-order valence-electron chi connectivity index (χ4n) is 2.30. The summed E-state index contributed by atoms with van der Waals surface area (Å²) in [5, 5.41) is 31.1. The van der Waals surface area contributed by atoms with E-state index in [1.807, 2.05) is 19.1 Å². The Morgan fingerprint density at radius 1 is 0.815 bits per heavy atom. The van der Waals surface area contributed by atoms with Gasteiger partial charge in [0, 0.05) is 23.4 Å². The highest BCUT2D eigenvalue weighted by molar-refractivity contribution is 6.04. The summed E-state index contributed by atoms with van der Waals surface area (Å²) in [6, 6.07) is 20.2. The molecule has 0 unspecified atom stereocenters. The number of hydrogen-bond donors (Lipinski definition) is 2.